The van der Waals surface area contributed by atoms with Gasteiger partial charge in [-0.2, -0.15) is 0 Å². The van der Waals surface area contributed by atoms with Gasteiger partial charge in [-0.1, -0.05) is 62.4 Å². The fraction of sp³-hybridized carbons (Fsp3) is 0.350. The van der Waals surface area contributed by atoms with Crippen LogP contribution in [0, 0.1) is 5.92 Å². The molecule has 0 aliphatic carbocycles. The fourth-order valence-electron chi connectivity index (χ4n) is 2.85. The maximum atomic E-state index is 13.0. The van der Waals surface area contributed by atoms with Gasteiger partial charge in [0.05, 0.1) is 0 Å². The molecule has 0 spiro atoms. The summed E-state index contributed by atoms with van der Waals surface area (Å²) in [5, 5.41) is 0. The Kier molecular flexibility index (Phi) is 5.94. The van der Waals surface area contributed by atoms with Crippen LogP contribution in [0.15, 0.2) is 54.6 Å². The molecule has 2 aromatic rings. The monoisotopic (exact) mass is 310 g/mol. The summed E-state index contributed by atoms with van der Waals surface area (Å²) < 4.78 is 0. The zero-order valence-electron chi connectivity index (χ0n) is 14.2. The number of benzene rings is 2. The number of carbonyl (C=O) groups excluding carboxylic acids is 1. The van der Waals surface area contributed by atoms with Crippen LogP contribution in [-0.2, 0) is 0 Å². The smallest absolute Gasteiger partial charge is 0.254 e. The molecule has 23 heavy (non-hydrogen) atoms. The average Bonchev–Trinajstić information content (AvgIpc) is 2.59. The van der Waals surface area contributed by atoms with Gasteiger partial charge >= 0.3 is 0 Å². The lowest BCUT2D eigenvalue weighted by molar-refractivity contribution is 0.0720. The van der Waals surface area contributed by atoms with Gasteiger partial charge in [-0.3, -0.25) is 4.79 Å². The van der Waals surface area contributed by atoms with Gasteiger partial charge in [-0.05, 0) is 29.5 Å². The highest BCUT2D eigenvalue weighted by Crippen LogP contribution is 2.25. The van der Waals surface area contributed by atoms with Gasteiger partial charge in [-0.15, -0.1) is 0 Å². The molecule has 1 amide bonds. The number of rotatable bonds is 6. The maximum absolute atomic E-state index is 13.0. The lowest BCUT2D eigenvalue weighted by Crippen LogP contribution is -2.42. The Balaban J connectivity index is 2.33. The van der Waals surface area contributed by atoms with E-state index in [0.717, 1.165) is 23.1 Å². The Hall–Kier alpha value is -2.13. The van der Waals surface area contributed by atoms with Crippen molar-refractivity contribution in [2.75, 3.05) is 13.6 Å². The van der Waals surface area contributed by atoms with Crippen molar-refractivity contribution in [3.63, 3.8) is 0 Å². The molecule has 2 N–H and O–H groups in total. The van der Waals surface area contributed by atoms with E-state index in [9.17, 15) is 4.79 Å². The Morgan fingerprint density at radius 1 is 1.04 bits per heavy atom. The fourth-order valence-corrected chi connectivity index (χ4v) is 2.85. The number of hydrogen-bond donors (Lipinski definition) is 1. The number of carbonyl (C=O) groups is 1. The molecule has 1 atom stereocenters. The summed E-state index contributed by atoms with van der Waals surface area (Å²) in [5.74, 6) is 0.531. The second-order valence-electron chi connectivity index (χ2n) is 6.35. The summed E-state index contributed by atoms with van der Waals surface area (Å²) in [6.07, 6.45) is 0.909. The van der Waals surface area contributed by atoms with Gasteiger partial charge in [0, 0.05) is 25.2 Å². The van der Waals surface area contributed by atoms with Crippen molar-refractivity contribution in [2.24, 2.45) is 11.7 Å². The first kappa shape index (κ1) is 17.2. The normalized spacial score (nSPS) is 12.2. The molecule has 0 heterocycles. The molecule has 0 fully saturated rings. The minimum atomic E-state index is 0.0283. The summed E-state index contributed by atoms with van der Waals surface area (Å²) in [6, 6.07) is 17.8. The van der Waals surface area contributed by atoms with Crippen LogP contribution in [0.25, 0.3) is 11.1 Å². The minimum absolute atomic E-state index is 0.0283. The van der Waals surface area contributed by atoms with E-state index >= 15 is 0 Å². The van der Waals surface area contributed by atoms with Crippen molar-refractivity contribution < 1.29 is 4.79 Å². The Labute approximate surface area is 139 Å². The Bertz CT molecular complexity index is 637. The summed E-state index contributed by atoms with van der Waals surface area (Å²) in [6.45, 7) is 4.78. The van der Waals surface area contributed by atoms with E-state index in [0.29, 0.717) is 12.5 Å². The number of nitrogens with two attached hydrogens (primary N) is 1. The molecule has 0 bridgehead atoms. The van der Waals surface area contributed by atoms with Crippen LogP contribution >= 0.6 is 0 Å². The summed E-state index contributed by atoms with van der Waals surface area (Å²) in [5.41, 5.74) is 8.64. The molecule has 0 saturated heterocycles. The van der Waals surface area contributed by atoms with Crippen molar-refractivity contribution in [2.45, 2.75) is 26.3 Å². The molecule has 122 valence electrons. The highest BCUT2D eigenvalue weighted by atomic mass is 16.2. The number of amides is 1. The van der Waals surface area contributed by atoms with E-state index in [4.69, 9.17) is 5.73 Å². The lowest BCUT2D eigenvalue weighted by atomic mass is 9.97. The van der Waals surface area contributed by atoms with Crippen molar-refractivity contribution in [1.82, 2.24) is 4.90 Å². The second-order valence-corrected chi connectivity index (χ2v) is 6.35. The van der Waals surface area contributed by atoms with Crippen LogP contribution in [-0.4, -0.2) is 30.4 Å². The van der Waals surface area contributed by atoms with Crippen LogP contribution < -0.4 is 5.73 Å². The molecular weight excluding hydrogens is 284 g/mol. The van der Waals surface area contributed by atoms with E-state index in [1.807, 2.05) is 61.6 Å². The molecule has 3 nitrogen and oxygen atoms in total. The molecule has 2 rings (SSSR count). The summed E-state index contributed by atoms with van der Waals surface area (Å²) in [7, 11) is 1.85. The van der Waals surface area contributed by atoms with Crippen molar-refractivity contribution >= 4 is 5.91 Å². The van der Waals surface area contributed by atoms with Gasteiger partial charge in [0.2, 0.25) is 0 Å². The van der Waals surface area contributed by atoms with Gasteiger partial charge in [0.15, 0.2) is 0 Å². The first-order valence-electron chi connectivity index (χ1n) is 8.16. The van der Waals surface area contributed by atoms with Crippen molar-refractivity contribution in [3.8, 4) is 11.1 Å². The van der Waals surface area contributed by atoms with E-state index in [1.165, 1.54) is 0 Å². The van der Waals surface area contributed by atoms with E-state index in [-0.39, 0.29) is 11.9 Å². The molecule has 0 aliphatic rings. The van der Waals surface area contributed by atoms with E-state index in [2.05, 4.69) is 13.8 Å². The quantitative estimate of drug-likeness (QED) is 0.882. The van der Waals surface area contributed by atoms with Crippen molar-refractivity contribution in [3.05, 3.63) is 60.2 Å². The molecular formula is C20H26N2O. The number of likely N-dealkylation sites (N-methyl/N-ethyl adjacent to an activating group) is 1. The van der Waals surface area contributed by atoms with Crippen LogP contribution in [0.2, 0.25) is 0 Å². The molecule has 0 radical (unpaired) electrons. The Morgan fingerprint density at radius 2 is 1.65 bits per heavy atom. The SMILES string of the molecule is CC(C)C[C@H](CN)N(C)C(=O)c1ccccc1-c1ccccc1. The van der Waals surface area contributed by atoms with Crippen LogP contribution in [0.1, 0.15) is 30.6 Å². The first-order valence-corrected chi connectivity index (χ1v) is 8.16. The molecule has 3 heteroatoms. The molecule has 0 saturated carbocycles. The molecule has 0 aromatic heterocycles. The number of nitrogens with zero attached hydrogens (tertiary/aromatic N) is 1. The zero-order chi connectivity index (χ0) is 16.8. The molecule has 0 unspecified atom stereocenters. The maximum Gasteiger partial charge on any atom is 0.254 e. The summed E-state index contributed by atoms with van der Waals surface area (Å²) in [4.78, 5) is 14.8. The largest absolute Gasteiger partial charge is 0.337 e. The predicted molar refractivity (Wildman–Crippen MR) is 96.3 cm³/mol. The van der Waals surface area contributed by atoms with Crippen LogP contribution in [0.4, 0.5) is 0 Å². The van der Waals surface area contributed by atoms with Crippen LogP contribution in [0.3, 0.4) is 0 Å². The van der Waals surface area contributed by atoms with E-state index in [1.54, 1.807) is 4.90 Å². The van der Waals surface area contributed by atoms with Gasteiger partial charge < -0.3 is 10.6 Å². The third-order valence-electron chi connectivity index (χ3n) is 4.13. The highest BCUT2D eigenvalue weighted by Gasteiger charge is 2.23. The van der Waals surface area contributed by atoms with Crippen LogP contribution in [0.5, 0.6) is 0 Å². The van der Waals surface area contributed by atoms with Gasteiger partial charge in [0.1, 0.15) is 0 Å². The minimum Gasteiger partial charge on any atom is -0.337 e. The molecule has 0 aliphatic heterocycles. The summed E-state index contributed by atoms with van der Waals surface area (Å²) >= 11 is 0. The van der Waals surface area contributed by atoms with Crippen molar-refractivity contribution in [1.29, 1.82) is 0 Å². The lowest BCUT2D eigenvalue weighted by Gasteiger charge is -2.29. The third kappa shape index (κ3) is 4.20. The average molecular weight is 310 g/mol. The first-order chi connectivity index (χ1) is 11.0. The third-order valence-corrected chi connectivity index (χ3v) is 4.13. The zero-order valence-corrected chi connectivity index (χ0v) is 14.2. The topological polar surface area (TPSA) is 46.3 Å². The molecule has 2 aromatic carbocycles. The second kappa shape index (κ2) is 7.93. The van der Waals surface area contributed by atoms with E-state index < -0.39 is 0 Å². The standard InChI is InChI=1S/C20H26N2O/c1-15(2)13-17(14-21)22(3)20(23)19-12-8-7-11-18(19)16-9-5-4-6-10-16/h4-12,15,17H,13-14,21H2,1-3H3/t17-/m1/s1. The predicted octanol–water partition coefficient (Wildman–Crippen LogP) is 3.80. The van der Waals surface area contributed by atoms with Gasteiger partial charge in [-0.25, -0.2) is 0 Å². The van der Waals surface area contributed by atoms with Gasteiger partial charge in [0.25, 0.3) is 5.91 Å². The number of hydrogen-bond acceptors (Lipinski definition) is 2. The highest BCUT2D eigenvalue weighted by molar-refractivity contribution is 6.00. The Morgan fingerprint density at radius 3 is 2.26 bits per heavy atom.